The number of thiophene rings is 1. The van der Waals surface area contributed by atoms with E-state index in [4.69, 9.17) is 5.11 Å². The van der Waals surface area contributed by atoms with Crippen molar-refractivity contribution in [2.45, 2.75) is 11.9 Å². The molecule has 74 valence electrons. The van der Waals surface area contributed by atoms with Gasteiger partial charge in [-0.3, -0.25) is 0 Å². The summed E-state index contributed by atoms with van der Waals surface area (Å²) in [5.74, 6) is 0.316. The Bertz CT molecular complexity index is 464. The number of aliphatic hydroxyl groups excluding tert-OH is 1. The van der Waals surface area contributed by atoms with E-state index in [1.165, 1.54) is 11.3 Å². The number of hydrogen-bond donors (Lipinski definition) is 2. The van der Waals surface area contributed by atoms with Crippen molar-refractivity contribution in [2.24, 2.45) is 0 Å². The van der Waals surface area contributed by atoms with Crippen molar-refractivity contribution in [1.82, 2.24) is 0 Å². The Kier molecular flexibility index (Phi) is 2.76. The summed E-state index contributed by atoms with van der Waals surface area (Å²) >= 11 is 4.90. The van der Waals surface area contributed by atoms with Gasteiger partial charge in [0, 0.05) is 20.8 Å². The van der Waals surface area contributed by atoms with Gasteiger partial charge in [0.1, 0.15) is 5.75 Å². The van der Waals surface area contributed by atoms with Crippen LogP contribution in [0.3, 0.4) is 0 Å². The van der Waals surface area contributed by atoms with Crippen LogP contribution >= 0.6 is 27.3 Å². The fourth-order valence-electron chi connectivity index (χ4n) is 1.48. The summed E-state index contributed by atoms with van der Waals surface area (Å²) in [5, 5.41) is 21.9. The summed E-state index contributed by atoms with van der Waals surface area (Å²) < 4.78 is 1.05. The van der Waals surface area contributed by atoms with Crippen LogP contribution in [0.15, 0.2) is 17.5 Å². The van der Waals surface area contributed by atoms with Crippen molar-refractivity contribution in [3.8, 4) is 5.75 Å². The fourth-order valence-corrected chi connectivity index (χ4v) is 3.31. The summed E-state index contributed by atoms with van der Waals surface area (Å²) in [6.45, 7) is 0.0372. The van der Waals surface area contributed by atoms with E-state index >= 15 is 0 Å². The van der Waals surface area contributed by atoms with E-state index < -0.39 is 0 Å². The second kappa shape index (κ2) is 3.88. The van der Waals surface area contributed by atoms with Crippen molar-refractivity contribution in [3.63, 3.8) is 0 Å². The van der Waals surface area contributed by atoms with Gasteiger partial charge in [0.15, 0.2) is 0 Å². The number of hydrogen-bond acceptors (Lipinski definition) is 3. The lowest BCUT2D eigenvalue weighted by Crippen LogP contribution is -1.90. The maximum absolute atomic E-state index is 9.53. The zero-order chi connectivity index (χ0) is 10.1. The van der Waals surface area contributed by atoms with Gasteiger partial charge in [-0.15, -0.1) is 11.3 Å². The van der Waals surface area contributed by atoms with Crippen molar-refractivity contribution >= 4 is 37.4 Å². The molecule has 4 heteroatoms. The Morgan fingerprint density at radius 3 is 2.79 bits per heavy atom. The van der Waals surface area contributed by atoms with Gasteiger partial charge in [0.05, 0.1) is 6.61 Å². The lowest BCUT2D eigenvalue weighted by Gasteiger charge is -2.05. The zero-order valence-corrected chi connectivity index (χ0v) is 9.73. The third kappa shape index (κ3) is 1.43. The summed E-state index contributed by atoms with van der Waals surface area (Å²) in [6.07, 6.45) is 0. The average molecular weight is 273 g/mol. The van der Waals surface area contributed by atoms with E-state index in [1.807, 2.05) is 12.1 Å². The molecule has 1 heterocycles. The number of fused-ring (bicyclic) bond motifs is 1. The Labute approximate surface area is 93.9 Å². The standard InChI is InChI=1S/C10H9BrO2S/c11-3-8-6(4-12)1-2-7-9(13)5-14-10(7)8/h1-2,5,12-13H,3-4H2. The third-order valence-electron chi connectivity index (χ3n) is 2.23. The molecule has 1 aromatic carbocycles. The molecule has 0 saturated heterocycles. The predicted octanol–water partition coefficient (Wildman–Crippen LogP) is 2.99. The number of halogens is 1. The molecule has 0 saturated carbocycles. The molecule has 2 rings (SSSR count). The Morgan fingerprint density at radius 1 is 1.36 bits per heavy atom. The average Bonchev–Trinajstić information content (AvgIpc) is 2.59. The summed E-state index contributed by atoms with van der Waals surface area (Å²) in [6, 6.07) is 3.70. The Balaban J connectivity index is 2.77. The number of rotatable bonds is 2. The molecule has 0 spiro atoms. The molecular formula is C10H9BrO2S. The minimum Gasteiger partial charge on any atom is -0.506 e. The van der Waals surface area contributed by atoms with Gasteiger partial charge in [-0.1, -0.05) is 22.0 Å². The van der Waals surface area contributed by atoms with Gasteiger partial charge in [-0.05, 0) is 17.2 Å². The molecule has 0 aliphatic carbocycles. The SMILES string of the molecule is OCc1ccc2c(O)csc2c1CBr. The van der Waals surface area contributed by atoms with E-state index in [0.717, 1.165) is 21.2 Å². The first-order chi connectivity index (χ1) is 6.77. The fraction of sp³-hybridized carbons (Fsp3) is 0.200. The van der Waals surface area contributed by atoms with Gasteiger partial charge in [0.25, 0.3) is 0 Å². The number of alkyl halides is 1. The van der Waals surface area contributed by atoms with Gasteiger partial charge in [-0.25, -0.2) is 0 Å². The van der Waals surface area contributed by atoms with Crippen molar-refractivity contribution in [3.05, 3.63) is 28.6 Å². The van der Waals surface area contributed by atoms with Crippen molar-refractivity contribution in [1.29, 1.82) is 0 Å². The molecular weight excluding hydrogens is 264 g/mol. The molecule has 0 bridgehead atoms. The molecule has 0 radical (unpaired) electrons. The molecule has 2 N–H and O–H groups in total. The molecule has 14 heavy (non-hydrogen) atoms. The molecule has 2 aromatic rings. The quantitative estimate of drug-likeness (QED) is 0.826. The lowest BCUT2D eigenvalue weighted by molar-refractivity contribution is 0.281. The highest BCUT2D eigenvalue weighted by Crippen LogP contribution is 2.36. The molecule has 0 fully saturated rings. The predicted molar refractivity (Wildman–Crippen MR) is 62.0 cm³/mol. The zero-order valence-electron chi connectivity index (χ0n) is 7.33. The van der Waals surface area contributed by atoms with E-state index in [1.54, 1.807) is 5.38 Å². The van der Waals surface area contributed by atoms with Crippen molar-refractivity contribution < 1.29 is 10.2 Å². The third-order valence-corrected chi connectivity index (χ3v) is 3.83. The first kappa shape index (κ1) is 9.96. The molecule has 0 aliphatic rings. The van der Waals surface area contributed by atoms with Crippen LogP contribution in [0.2, 0.25) is 0 Å². The largest absolute Gasteiger partial charge is 0.506 e. The number of aliphatic hydroxyl groups is 1. The molecule has 1 aromatic heterocycles. The second-order valence-electron chi connectivity index (χ2n) is 2.99. The number of benzene rings is 1. The van der Waals surface area contributed by atoms with Gasteiger partial charge >= 0.3 is 0 Å². The van der Waals surface area contributed by atoms with E-state index in [-0.39, 0.29) is 6.61 Å². The maximum Gasteiger partial charge on any atom is 0.134 e. The molecule has 0 unspecified atom stereocenters. The van der Waals surface area contributed by atoms with Crippen LogP contribution in [0.1, 0.15) is 11.1 Å². The maximum atomic E-state index is 9.53. The smallest absolute Gasteiger partial charge is 0.134 e. The first-order valence-electron chi connectivity index (χ1n) is 4.15. The first-order valence-corrected chi connectivity index (χ1v) is 6.15. The van der Waals surface area contributed by atoms with E-state index in [9.17, 15) is 5.11 Å². The molecule has 2 nitrogen and oxygen atoms in total. The van der Waals surface area contributed by atoms with E-state index in [2.05, 4.69) is 15.9 Å². The highest BCUT2D eigenvalue weighted by Gasteiger charge is 2.10. The van der Waals surface area contributed by atoms with Crippen molar-refractivity contribution in [2.75, 3.05) is 0 Å². The molecule has 0 atom stereocenters. The lowest BCUT2D eigenvalue weighted by atomic mass is 10.1. The van der Waals surface area contributed by atoms with Gasteiger partial charge in [-0.2, -0.15) is 0 Å². The van der Waals surface area contributed by atoms with Crippen LogP contribution in [-0.4, -0.2) is 10.2 Å². The summed E-state index contributed by atoms with van der Waals surface area (Å²) in [7, 11) is 0. The van der Waals surface area contributed by atoms with Crippen LogP contribution in [0.5, 0.6) is 5.75 Å². The van der Waals surface area contributed by atoms with Crippen LogP contribution in [-0.2, 0) is 11.9 Å². The highest BCUT2D eigenvalue weighted by atomic mass is 79.9. The van der Waals surface area contributed by atoms with Crippen LogP contribution in [0.25, 0.3) is 10.1 Å². The highest BCUT2D eigenvalue weighted by molar-refractivity contribution is 9.08. The van der Waals surface area contributed by atoms with Crippen LogP contribution in [0, 0.1) is 0 Å². The second-order valence-corrected chi connectivity index (χ2v) is 4.43. The minimum absolute atomic E-state index is 0.0372. The molecule has 0 aliphatic heterocycles. The van der Waals surface area contributed by atoms with Gasteiger partial charge in [0.2, 0.25) is 0 Å². The molecule has 0 amide bonds. The van der Waals surface area contributed by atoms with Crippen LogP contribution < -0.4 is 0 Å². The number of aromatic hydroxyl groups is 1. The summed E-state index contributed by atoms with van der Waals surface area (Å²) in [5.41, 5.74) is 1.98. The van der Waals surface area contributed by atoms with E-state index in [0.29, 0.717) is 11.1 Å². The summed E-state index contributed by atoms with van der Waals surface area (Å²) in [4.78, 5) is 0. The van der Waals surface area contributed by atoms with Gasteiger partial charge < -0.3 is 10.2 Å². The topological polar surface area (TPSA) is 40.5 Å². The van der Waals surface area contributed by atoms with Crippen LogP contribution in [0.4, 0.5) is 0 Å². The minimum atomic E-state index is 0.0372. The normalized spacial score (nSPS) is 11.0. The monoisotopic (exact) mass is 272 g/mol. The Morgan fingerprint density at radius 2 is 2.14 bits per heavy atom. The Hall–Kier alpha value is -0.580.